The van der Waals surface area contributed by atoms with Crippen LogP contribution >= 0.6 is 11.6 Å². The fourth-order valence-electron chi connectivity index (χ4n) is 3.97. The van der Waals surface area contributed by atoms with Crippen LogP contribution in [-0.4, -0.2) is 17.3 Å². The van der Waals surface area contributed by atoms with Crippen LogP contribution in [0.2, 0.25) is 5.02 Å². The molecule has 2 atom stereocenters. The fraction of sp³-hybridized carbons (Fsp3) is 0.208. The first-order chi connectivity index (χ1) is 14.2. The first-order valence-corrected chi connectivity index (χ1v) is 10.2. The lowest BCUT2D eigenvalue weighted by atomic mass is 9.96. The SMILES string of the molecule is CCOc1ccc(C2=NN3[C@H](C2)c2ccccc2O[C@H]3c2ccc(Cl)cc2)cc1. The monoisotopic (exact) mass is 404 g/mol. The van der Waals surface area contributed by atoms with Crippen molar-refractivity contribution in [3.05, 3.63) is 94.5 Å². The van der Waals surface area contributed by atoms with E-state index in [1.807, 2.05) is 55.5 Å². The largest absolute Gasteiger partial charge is 0.494 e. The highest BCUT2D eigenvalue weighted by molar-refractivity contribution is 6.30. The summed E-state index contributed by atoms with van der Waals surface area (Å²) in [5.41, 5.74) is 4.36. The van der Waals surface area contributed by atoms with Crippen molar-refractivity contribution in [2.45, 2.75) is 25.6 Å². The molecule has 3 aromatic rings. The van der Waals surface area contributed by atoms with Crippen LogP contribution in [0.5, 0.6) is 11.5 Å². The molecule has 0 fully saturated rings. The van der Waals surface area contributed by atoms with Crippen LogP contribution in [-0.2, 0) is 0 Å². The van der Waals surface area contributed by atoms with E-state index in [4.69, 9.17) is 26.2 Å². The van der Waals surface area contributed by atoms with Gasteiger partial charge in [-0.1, -0.05) is 41.9 Å². The topological polar surface area (TPSA) is 34.1 Å². The summed E-state index contributed by atoms with van der Waals surface area (Å²) in [5.74, 6) is 1.79. The summed E-state index contributed by atoms with van der Waals surface area (Å²) in [7, 11) is 0. The minimum Gasteiger partial charge on any atom is -0.494 e. The second kappa shape index (κ2) is 7.45. The summed E-state index contributed by atoms with van der Waals surface area (Å²) in [6, 6.07) is 24.3. The molecule has 0 aliphatic carbocycles. The molecule has 146 valence electrons. The van der Waals surface area contributed by atoms with Gasteiger partial charge in [-0.2, -0.15) is 5.10 Å². The Morgan fingerprint density at radius 3 is 2.55 bits per heavy atom. The number of benzene rings is 3. The highest BCUT2D eigenvalue weighted by Crippen LogP contribution is 2.47. The average molecular weight is 405 g/mol. The van der Waals surface area contributed by atoms with Gasteiger partial charge in [0, 0.05) is 22.6 Å². The minimum absolute atomic E-state index is 0.141. The zero-order valence-electron chi connectivity index (χ0n) is 16.1. The first-order valence-electron chi connectivity index (χ1n) is 9.83. The Morgan fingerprint density at radius 1 is 1.03 bits per heavy atom. The van der Waals surface area contributed by atoms with Crippen molar-refractivity contribution in [1.29, 1.82) is 0 Å². The molecule has 0 spiro atoms. The maximum absolute atomic E-state index is 6.36. The van der Waals surface area contributed by atoms with Gasteiger partial charge < -0.3 is 9.47 Å². The van der Waals surface area contributed by atoms with Gasteiger partial charge in [0.05, 0.1) is 18.4 Å². The molecule has 5 rings (SSSR count). The molecule has 0 radical (unpaired) electrons. The summed E-state index contributed by atoms with van der Waals surface area (Å²) in [6.45, 7) is 2.65. The van der Waals surface area contributed by atoms with Gasteiger partial charge in [0.25, 0.3) is 0 Å². The van der Waals surface area contributed by atoms with Gasteiger partial charge in [0.2, 0.25) is 6.23 Å². The van der Waals surface area contributed by atoms with E-state index in [0.717, 1.165) is 34.8 Å². The summed E-state index contributed by atoms with van der Waals surface area (Å²) < 4.78 is 11.9. The zero-order chi connectivity index (χ0) is 19.8. The van der Waals surface area contributed by atoms with Crippen molar-refractivity contribution >= 4 is 17.3 Å². The van der Waals surface area contributed by atoms with E-state index >= 15 is 0 Å². The van der Waals surface area contributed by atoms with Crippen LogP contribution in [0.25, 0.3) is 0 Å². The van der Waals surface area contributed by atoms with Gasteiger partial charge >= 0.3 is 0 Å². The Morgan fingerprint density at radius 2 is 1.79 bits per heavy atom. The van der Waals surface area contributed by atoms with Crippen LogP contribution in [0.1, 0.15) is 42.3 Å². The van der Waals surface area contributed by atoms with Crippen molar-refractivity contribution < 1.29 is 9.47 Å². The summed E-state index contributed by atoms with van der Waals surface area (Å²) >= 11 is 6.09. The molecule has 0 unspecified atom stereocenters. The number of rotatable bonds is 4. The number of hydrogen-bond acceptors (Lipinski definition) is 4. The number of ether oxygens (including phenoxy) is 2. The third-order valence-corrected chi connectivity index (χ3v) is 5.60. The highest BCUT2D eigenvalue weighted by atomic mass is 35.5. The highest BCUT2D eigenvalue weighted by Gasteiger charge is 2.40. The fourth-order valence-corrected chi connectivity index (χ4v) is 4.09. The van der Waals surface area contributed by atoms with Gasteiger partial charge in [-0.15, -0.1) is 0 Å². The zero-order valence-corrected chi connectivity index (χ0v) is 16.8. The van der Waals surface area contributed by atoms with Crippen molar-refractivity contribution in [2.24, 2.45) is 5.10 Å². The van der Waals surface area contributed by atoms with Gasteiger partial charge in [0.15, 0.2) is 0 Å². The second-order valence-corrected chi connectivity index (χ2v) is 7.60. The van der Waals surface area contributed by atoms with Crippen molar-refractivity contribution in [3.8, 4) is 11.5 Å². The quantitative estimate of drug-likeness (QED) is 0.536. The minimum atomic E-state index is -0.285. The maximum Gasteiger partial charge on any atom is 0.213 e. The van der Waals surface area contributed by atoms with E-state index in [1.54, 1.807) is 0 Å². The Kier molecular flexibility index (Phi) is 4.64. The predicted octanol–water partition coefficient (Wildman–Crippen LogP) is 5.98. The van der Waals surface area contributed by atoms with Crippen LogP contribution < -0.4 is 9.47 Å². The molecular weight excluding hydrogens is 384 g/mol. The van der Waals surface area contributed by atoms with E-state index in [9.17, 15) is 0 Å². The lowest BCUT2D eigenvalue weighted by Gasteiger charge is -2.38. The van der Waals surface area contributed by atoms with E-state index < -0.39 is 0 Å². The lowest BCUT2D eigenvalue weighted by molar-refractivity contribution is -0.0190. The molecule has 3 aromatic carbocycles. The summed E-state index contributed by atoms with van der Waals surface area (Å²) in [4.78, 5) is 0. The van der Waals surface area contributed by atoms with E-state index in [2.05, 4.69) is 29.3 Å². The number of nitrogens with zero attached hydrogens (tertiary/aromatic N) is 2. The number of hydrazone groups is 1. The van der Waals surface area contributed by atoms with Gasteiger partial charge in [-0.25, -0.2) is 5.01 Å². The molecule has 4 nitrogen and oxygen atoms in total. The molecule has 0 saturated heterocycles. The molecule has 2 heterocycles. The van der Waals surface area contributed by atoms with Crippen molar-refractivity contribution in [3.63, 3.8) is 0 Å². The van der Waals surface area contributed by atoms with Crippen molar-refractivity contribution in [1.82, 2.24) is 5.01 Å². The van der Waals surface area contributed by atoms with E-state index in [1.165, 1.54) is 5.56 Å². The average Bonchev–Trinajstić information content (AvgIpc) is 3.20. The number of halogens is 1. The lowest BCUT2D eigenvalue weighted by Crippen LogP contribution is -2.33. The molecule has 2 aliphatic rings. The maximum atomic E-state index is 6.36. The van der Waals surface area contributed by atoms with E-state index in [-0.39, 0.29) is 12.3 Å². The smallest absolute Gasteiger partial charge is 0.213 e. The molecule has 2 aliphatic heterocycles. The van der Waals surface area contributed by atoms with Crippen LogP contribution in [0.15, 0.2) is 77.9 Å². The Bertz CT molecular complexity index is 1050. The Labute approximate surface area is 175 Å². The van der Waals surface area contributed by atoms with Gasteiger partial charge in [-0.05, 0) is 55.0 Å². The van der Waals surface area contributed by atoms with Crippen LogP contribution in [0.3, 0.4) is 0 Å². The molecule has 0 amide bonds. The van der Waals surface area contributed by atoms with Gasteiger partial charge in [-0.3, -0.25) is 0 Å². The molecule has 0 aromatic heterocycles. The molecule has 29 heavy (non-hydrogen) atoms. The molecule has 0 bridgehead atoms. The number of fused-ring (bicyclic) bond motifs is 3. The van der Waals surface area contributed by atoms with Crippen LogP contribution in [0.4, 0.5) is 0 Å². The summed E-state index contributed by atoms with van der Waals surface area (Å²) in [5, 5.41) is 7.78. The second-order valence-electron chi connectivity index (χ2n) is 7.16. The molecule has 0 N–H and O–H groups in total. The third-order valence-electron chi connectivity index (χ3n) is 5.35. The Balaban J connectivity index is 1.52. The van der Waals surface area contributed by atoms with Gasteiger partial charge in [0.1, 0.15) is 11.5 Å². The van der Waals surface area contributed by atoms with Crippen molar-refractivity contribution in [2.75, 3.05) is 6.61 Å². The normalized spacial score (nSPS) is 19.8. The standard InChI is InChI=1S/C24H21ClN2O2/c1-2-28-19-13-9-16(10-14-19)21-15-22-20-5-3-4-6-23(20)29-24(27(22)26-21)17-7-11-18(25)12-8-17/h3-14,22,24H,2,15H2,1H3/t22-,24+/m1/s1. The molecule has 0 saturated carbocycles. The predicted molar refractivity (Wildman–Crippen MR) is 115 cm³/mol. The number of para-hydroxylation sites is 1. The summed E-state index contributed by atoms with van der Waals surface area (Å²) in [6.07, 6.45) is 0.547. The van der Waals surface area contributed by atoms with E-state index in [0.29, 0.717) is 11.6 Å². The molecular formula is C24H21ClN2O2. The van der Waals surface area contributed by atoms with Crippen LogP contribution in [0, 0.1) is 0 Å². The molecule has 5 heteroatoms. The Hall–Kier alpha value is -2.98. The first kappa shape index (κ1) is 18.1. The number of hydrogen-bond donors (Lipinski definition) is 0. The third kappa shape index (κ3) is 3.34.